The molecule has 0 radical (unpaired) electrons. The summed E-state index contributed by atoms with van der Waals surface area (Å²) in [4.78, 5) is 2.59. The molecule has 3 atom stereocenters. The molecule has 1 rings (SSSR count). The Morgan fingerprint density at radius 1 is 1.33 bits per heavy atom. The number of likely N-dealkylation sites (N-methyl/N-ethyl adjacent to an activating group) is 1. The Morgan fingerprint density at radius 3 is 2.25 bits per heavy atom. The molecule has 1 aliphatic rings. The Labute approximate surface area is 76.3 Å². The molecule has 2 heteroatoms. The van der Waals surface area contributed by atoms with Crippen LogP contribution in [0.5, 0.6) is 0 Å². The topological polar surface area (TPSA) is 15.3 Å². The van der Waals surface area contributed by atoms with E-state index in [1.807, 2.05) is 7.05 Å². The van der Waals surface area contributed by atoms with E-state index in [1.165, 1.54) is 13.1 Å². The Kier molecular flexibility index (Phi) is 3.53. The number of nitrogens with zero attached hydrogens (tertiary/aromatic N) is 1. The van der Waals surface area contributed by atoms with Crippen molar-refractivity contribution >= 4 is 0 Å². The van der Waals surface area contributed by atoms with Crippen molar-refractivity contribution in [1.29, 1.82) is 0 Å². The first kappa shape index (κ1) is 10.0. The van der Waals surface area contributed by atoms with Crippen molar-refractivity contribution in [3.05, 3.63) is 0 Å². The van der Waals surface area contributed by atoms with Gasteiger partial charge in [-0.05, 0) is 25.8 Å². The average Bonchev–Trinajstić information content (AvgIpc) is 2.33. The molecule has 0 aromatic heterocycles. The van der Waals surface area contributed by atoms with Gasteiger partial charge in [-0.1, -0.05) is 13.8 Å². The lowest BCUT2D eigenvalue weighted by molar-refractivity contribution is 0.244. The maximum atomic E-state index is 3.23. The lowest BCUT2D eigenvalue weighted by atomic mass is 10.0. The van der Waals surface area contributed by atoms with Gasteiger partial charge in [0.1, 0.15) is 0 Å². The molecule has 0 aromatic carbocycles. The van der Waals surface area contributed by atoms with Gasteiger partial charge < -0.3 is 5.32 Å². The number of likely N-dealkylation sites (tertiary alicyclic amines) is 1. The van der Waals surface area contributed by atoms with Crippen molar-refractivity contribution in [2.45, 2.75) is 26.8 Å². The van der Waals surface area contributed by atoms with Crippen LogP contribution in [0, 0.1) is 11.8 Å². The van der Waals surface area contributed by atoms with E-state index in [1.54, 1.807) is 0 Å². The van der Waals surface area contributed by atoms with Gasteiger partial charge in [0, 0.05) is 25.7 Å². The van der Waals surface area contributed by atoms with Crippen LogP contribution in [0.15, 0.2) is 0 Å². The molecular formula is C10H22N2. The minimum Gasteiger partial charge on any atom is -0.318 e. The zero-order valence-corrected chi connectivity index (χ0v) is 8.80. The summed E-state index contributed by atoms with van der Waals surface area (Å²) in [6.07, 6.45) is 0. The maximum absolute atomic E-state index is 3.23. The largest absolute Gasteiger partial charge is 0.318 e. The first-order chi connectivity index (χ1) is 5.65. The van der Waals surface area contributed by atoms with Gasteiger partial charge in [-0.2, -0.15) is 0 Å². The fourth-order valence-corrected chi connectivity index (χ4v) is 1.96. The molecule has 12 heavy (non-hydrogen) atoms. The predicted octanol–water partition coefficient (Wildman–Crippen LogP) is 1.18. The fraction of sp³-hybridized carbons (Fsp3) is 1.00. The average molecular weight is 170 g/mol. The zero-order valence-electron chi connectivity index (χ0n) is 8.80. The number of nitrogens with one attached hydrogen (secondary N) is 1. The lowest BCUT2D eigenvalue weighted by Crippen LogP contribution is -2.38. The normalized spacial score (nSPS) is 34.0. The van der Waals surface area contributed by atoms with Crippen LogP contribution in [0.3, 0.4) is 0 Å². The molecule has 2 nitrogen and oxygen atoms in total. The summed E-state index contributed by atoms with van der Waals surface area (Å²) in [6.45, 7) is 10.7. The Hall–Kier alpha value is -0.0800. The van der Waals surface area contributed by atoms with Crippen molar-refractivity contribution in [3.8, 4) is 0 Å². The van der Waals surface area contributed by atoms with Gasteiger partial charge in [-0.15, -0.1) is 0 Å². The monoisotopic (exact) mass is 170 g/mol. The fourth-order valence-electron chi connectivity index (χ4n) is 1.96. The summed E-state index contributed by atoms with van der Waals surface area (Å²) >= 11 is 0. The molecular weight excluding hydrogens is 148 g/mol. The van der Waals surface area contributed by atoms with E-state index in [2.05, 4.69) is 31.0 Å². The van der Waals surface area contributed by atoms with Gasteiger partial charge in [0.15, 0.2) is 0 Å². The third-order valence-corrected chi connectivity index (χ3v) is 3.14. The quantitative estimate of drug-likeness (QED) is 0.684. The minimum atomic E-state index is 0.697. The summed E-state index contributed by atoms with van der Waals surface area (Å²) in [5, 5.41) is 3.23. The molecule has 0 bridgehead atoms. The number of hydrogen-bond donors (Lipinski definition) is 1. The highest BCUT2D eigenvalue weighted by atomic mass is 15.2. The van der Waals surface area contributed by atoms with Crippen LogP contribution in [0.1, 0.15) is 20.8 Å². The second kappa shape index (κ2) is 4.24. The number of hydrogen-bond acceptors (Lipinski definition) is 2. The van der Waals surface area contributed by atoms with Gasteiger partial charge in [-0.25, -0.2) is 0 Å². The Balaban J connectivity index is 2.35. The minimum absolute atomic E-state index is 0.697. The van der Waals surface area contributed by atoms with E-state index >= 15 is 0 Å². The Bertz CT molecular complexity index is 126. The van der Waals surface area contributed by atoms with E-state index < -0.39 is 0 Å². The molecule has 0 amide bonds. The second-order valence-electron chi connectivity index (χ2n) is 4.32. The standard InChI is InChI=1S/C10H22N2/c1-8-6-12(7-9(8)2)10(3)5-11-4/h8-11H,5-7H2,1-4H3. The van der Waals surface area contributed by atoms with Crippen LogP contribution in [0.4, 0.5) is 0 Å². The van der Waals surface area contributed by atoms with Crippen LogP contribution >= 0.6 is 0 Å². The molecule has 3 unspecified atom stereocenters. The van der Waals surface area contributed by atoms with Gasteiger partial charge in [0.2, 0.25) is 0 Å². The van der Waals surface area contributed by atoms with E-state index in [-0.39, 0.29) is 0 Å². The maximum Gasteiger partial charge on any atom is 0.0192 e. The van der Waals surface area contributed by atoms with Crippen LogP contribution < -0.4 is 5.32 Å². The summed E-state index contributed by atoms with van der Waals surface area (Å²) < 4.78 is 0. The molecule has 1 saturated heterocycles. The third kappa shape index (κ3) is 2.20. The molecule has 0 aromatic rings. The summed E-state index contributed by atoms with van der Waals surface area (Å²) in [7, 11) is 2.03. The molecule has 0 aliphatic carbocycles. The molecule has 0 saturated carbocycles. The predicted molar refractivity (Wildman–Crippen MR) is 53.3 cm³/mol. The van der Waals surface area contributed by atoms with Gasteiger partial charge in [0.25, 0.3) is 0 Å². The van der Waals surface area contributed by atoms with E-state index in [4.69, 9.17) is 0 Å². The van der Waals surface area contributed by atoms with E-state index in [0.29, 0.717) is 6.04 Å². The summed E-state index contributed by atoms with van der Waals surface area (Å²) in [6, 6.07) is 0.697. The highest BCUT2D eigenvalue weighted by Gasteiger charge is 2.28. The number of rotatable bonds is 3. The van der Waals surface area contributed by atoms with Crippen molar-refractivity contribution < 1.29 is 0 Å². The van der Waals surface area contributed by atoms with Gasteiger partial charge in [0.05, 0.1) is 0 Å². The van der Waals surface area contributed by atoms with Crippen molar-refractivity contribution in [2.24, 2.45) is 11.8 Å². The third-order valence-electron chi connectivity index (χ3n) is 3.14. The van der Waals surface area contributed by atoms with Gasteiger partial charge in [-0.3, -0.25) is 4.90 Å². The van der Waals surface area contributed by atoms with Crippen molar-refractivity contribution in [2.75, 3.05) is 26.7 Å². The lowest BCUT2D eigenvalue weighted by Gasteiger charge is -2.23. The second-order valence-corrected chi connectivity index (χ2v) is 4.32. The Morgan fingerprint density at radius 2 is 1.83 bits per heavy atom. The summed E-state index contributed by atoms with van der Waals surface area (Å²) in [5.74, 6) is 1.76. The molecule has 0 spiro atoms. The van der Waals surface area contributed by atoms with E-state index in [9.17, 15) is 0 Å². The molecule has 1 heterocycles. The molecule has 1 aliphatic heterocycles. The molecule has 1 N–H and O–H groups in total. The highest BCUT2D eigenvalue weighted by molar-refractivity contribution is 4.82. The SMILES string of the molecule is CNCC(C)N1CC(C)C(C)C1. The van der Waals surface area contributed by atoms with Gasteiger partial charge >= 0.3 is 0 Å². The molecule has 72 valence electrons. The first-order valence-corrected chi connectivity index (χ1v) is 5.03. The first-order valence-electron chi connectivity index (χ1n) is 5.03. The summed E-state index contributed by atoms with van der Waals surface area (Å²) in [5.41, 5.74) is 0. The van der Waals surface area contributed by atoms with Crippen molar-refractivity contribution in [3.63, 3.8) is 0 Å². The van der Waals surface area contributed by atoms with Crippen LogP contribution in [0.25, 0.3) is 0 Å². The van der Waals surface area contributed by atoms with Crippen LogP contribution in [-0.2, 0) is 0 Å². The highest BCUT2D eigenvalue weighted by Crippen LogP contribution is 2.23. The smallest absolute Gasteiger partial charge is 0.0192 e. The van der Waals surface area contributed by atoms with Crippen molar-refractivity contribution in [1.82, 2.24) is 10.2 Å². The molecule has 1 fully saturated rings. The van der Waals surface area contributed by atoms with E-state index in [0.717, 1.165) is 18.4 Å². The van der Waals surface area contributed by atoms with Crippen LogP contribution in [0.2, 0.25) is 0 Å². The van der Waals surface area contributed by atoms with Crippen LogP contribution in [-0.4, -0.2) is 37.6 Å². The zero-order chi connectivity index (χ0) is 9.14.